The number of allylic oxidation sites excluding steroid dienone is 2. The smallest absolute Gasteiger partial charge is 0.164 e. The molecule has 0 aromatic heterocycles. The standard InChI is InChI=1S/C18H30O4/c1-4-6-7-9-14-12-15(13-17(14)20)16(19)10-8-11-18(21,5-2)22-3/h4,6,14-15,21H,5,7-13H2,1-3H3/b6-4-. The van der Waals surface area contributed by atoms with E-state index in [1.807, 2.05) is 19.9 Å². The van der Waals surface area contributed by atoms with Crippen LogP contribution >= 0.6 is 0 Å². The number of aliphatic hydroxyl groups is 1. The second-order valence-corrected chi connectivity index (χ2v) is 6.27. The maximum atomic E-state index is 12.2. The van der Waals surface area contributed by atoms with E-state index >= 15 is 0 Å². The van der Waals surface area contributed by atoms with Crippen molar-refractivity contribution in [1.82, 2.24) is 0 Å². The Bertz CT molecular complexity index is 396. The van der Waals surface area contributed by atoms with Gasteiger partial charge in [0.25, 0.3) is 0 Å². The van der Waals surface area contributed by atoms with Gasteiger partial charge < -0.3 is 9.84 Å². The highest BCUT2D eigenvalue weighted by atomic mass is 16.6. The number of methoxy groups -OCH3 is 1. The van der Waals surface area contributed by atoms with Gasteiger partial charge in [-0.15, -0.1) is 0 Å². The average Bonchev–Trinajstić information content (AvgIpc) is 2.88. The van der Waals surface area contributed by atoms with Gasteiger partial charge in [-0.2, -0.15) is 0 Å². The van der Waals surface area contributed by atoms with Crippen LogP contribution in [0.3, 0.4) is 0 Å². The minimum atomic E-state index is -1.12. The predicted molar refractivity (Wildman–Crippen MR) is 86.4 cm³/mol. The molecule has 1 fully saturated rings. The van der Waals surface area contributed by atoms with Crippen LogP contribution in [0.25, 0.3) is 0 Å². The summed E-state index contributed by atoms with van der Waals surface area (Å²) in [4.78, 5) is 24.2. The summed E-state index contributed by atoms with van der Waals surface area (Å²) in [6, 6.07) is 0. The van der Waals surface area contributed by atoms with Crippen molar-refractivity contribution in [2.45, 2.75) is 71.0 Å². The minimum Gasteiger partial charge on any atom is -0.365 e. The number of hydrogen-bond acceptors (Lipinski definition) is 4. The van der Waals surface area contributed by atoms with Gasteiger partial charge in [0.05, 0.1) is 0 Å². The predicted octanol–water partition coefficient (Wildman–Crippen LogP) is 3.42. The Labute approximate surface area is 133 Å². The van der Waals surface area contributed by atoms with Crippen LogP contribution in [0.4, 0.5) is 0 Å². The molecule has 0 bridgehead atoms. The van der Waals surface area contributed by atoms with Crippen LogP contribution in [0, 0.1) is 11.8 Å². The number of hydrogen-bond donors (Lipinski definition) is 1. The normalized spacial score (nSPS) is 24.8. The van der Waals surface area contributed by atoms with Crippen LogP contribution in [0.5, 0.6) is 0 Å². The van der Waals surface area contributed by atoms with Crippen LogP contribution in [0.1, 0.15) is 65.2 Å². The number of ketones is 2. The molecular formula is C18H30O4. The summed E-state index contributed by atoms with van der Waals surface area (Å²) >= 11 is 0. The van der Waals surface area contributed by atoms with Crippen molar-refractivity contribution >= 4 is 11.6 Å². The molecule has 22 heavy (non-hydrogen) atoms. The van der Waals surface area contributed by atoms with Crippen LogP contribution in [0.2, 0.25) is 0 Å². The molecule has 0 aromatic carbocycles. The molecule has 0 aliphatic heterocycles. The average molecular weight is 310 g/mol. The fraction of sp³-hybridized carbons (Fsp3) is 0.778. The fourth-order valence-electron chi connectivity index (χ4n) is 3.12. The Morgan fingerprint density at radius 3 is 2.82 bits per heavy atom. The Hall–Kier alpha value is -1.00. The van der Waals surface area contributed by atoms with E-state index in [9.17, 15) is 14.7 Å². The van der Waals surface area contributed by atoms with Gasteiger partial charge in [0.15, 0.2) is 5.79 Å². The molecule has 3 unspecified atom stereocenters. The maximum absolute atomic E-state index is 12.2. The summed E-state index contributed by atoms with van der Waals surface area (Å²) in [6.07, 6.45) is 8.92. The second-order valence-electron chi connectivity index (χ2n) is 6.27. The number of Topliss-reactive ketones (excluding diaryl/α,β-unsaturated/α-hetero) is 2. The Balaban J connectivity index is 2.36. The quantitative estimate of drug-likeness (QED) is 0.496. The molecule has 4 heteroatoms. The van der Waals surface area contributed by atoms with E-state index in [0.29, 0.717) is 38.5 Å². The first-order valence-electron chi connectivity index (χ1n) is 8.39. The molecular weight excluding hydrogens is 280 g/mol. The fourth-order valence-corrected chi connectivity index (χ4v) is 3.12. The highest BCUT2D eigenvalue weighted by Crippen LogP contribution is 2.33. The van der Waals surface area contributed by atoms with Gasteiger partial charge in [-0.25, -0.2) is 0 Å². The van der Waals surface area contributed by atoms with E-state index in [4.69, 9.17) is 4.74 Å². The third kappa shape index (κ3) is 5.65. The summed E-state index contributed by atoms with van der Waals surface area (Å²) in [5.74, 6) is -0.779. The monoisotopic (exact) mass is 310 g/mol. The van der Waals surface area contributed by atoms with Gasteiger partial charge >= 0.3 is 0 Å². The van der Waals surface area contributed by atoms with Crippen LogP contribution in [-0.4, -0.2) is 29.6 Å². The van der Waals surface area contributed by atoms with E-state index in [1.165, 1.54) is 7.11 Å². The number of ether oxygens (including phenoxy) is 1. The third-order valence-corrected chi connectivity index (χ3v) is 4.77. The molecule has 0 aromatic rings. The first-order valence-corrected chi connectivity index (χ1v) is 8.39. The van der Waals surface area contributed by atoms with Crippen molar-refractivity contribution in [3.8, 4) is 0 Å². The summed E-state index contributed by atoms with van der Waals surface area (Å²) in [5.41, 5.74) is 0. The molecule has 0 amide bonds. The molecule has 1 saturated carbocycles. The third-order valence-electron chi connectivity index (χ3n) is 4.77. The van der Waals surface area contributed by atoms with Gasteiger partial charge in [0.1, 0.15) is 11.6 Å². The first-order chi connectivity index (χ1) is 10.5. The van der Waals surface area contributed by atoms with Crippen molar-refractivity contribution in [3.05, 3.63) is 12.2 Å². The summed E-state index contributed by atoms with van der Waals surface area (Å²) in [7, 11) is 1.48. The summed E-state index contributed by atoms with van der Waals surface area (Å²) < 4.78 is 5.07. The maximum Gasteiger partial charge on any atom is 0.164 e. The number of rotatable bonds is 10. The van der Waals surface area contributed by atoms with Gasteiger partial charge in [0, 0.05) is 38.2 Å². The van der Waals surface area contributed by atoms with Gasteiger partial charge in [-0.3, -0.25) is 9.59 Å². The zero-order valence-corrected chi connectivity index (χ0v) is 14.1. The highest BCUT2D eigenvalue weighted by molar-refractivity contribution is 5.92. The lowest BCUT2D eigenvalue weighted by Gasteiger charge is -2.24. The molecule has 126 valence electrons. The SMILES string of the molecule is C/C=C\CCC1CC(C(=O)CCCC(O)(CC)OC)CC1=O. The molecule has 0 radical (unpaired) electrons. The van der Waals surface area contributed by atoms with Gasteiger partial charge in [-0.1, -0.05) is 19.1 Å². The molecule has 1 N–H and O–H groups in total. The zero-order chi connectivity index (χ0) is 16.6. The Kier molecular flexibility index (Phi) is 7.97. The second kappa shape index (κ2) is 9.21. The first kappa shape index (κ1) is 19.0. The van der Waals surface area contributed by atoms with E-state index in [0.717, 1.165) is 12.8 Å². The highest BCUT2D eigenvalue weighted by Gasteiger charge is 2.35. The topological polar surface area (TPSA) is 63.6 Å². The van der Waals surface area contributed by atoms with E-state index in [2.05, 4.69) is 6.08 Å². The van der Waals surface area contributed by atoms with Gasteiger partial charge in [0.2, 0.25) is 0 Å². The van der Waals surface area contributed by atoms with Gasteiger partial charge in [-0.05, 0) is 39.0 Å². The Morgan fingerprint density at radius 1 is 1.50 bits per heavy atom. The molecule has 3 atom stereocenters. The van der Waals surface area contributed by atoms with Crippen LogP contribution in [0.15, 0.2) is 12.2 Å². The van der Waals surface area contributed by atoms with E-state index in [-0.39, 0.29) is 23.4 Å². The summed E-state index contributed by atoms with van der Waals surface area (Å²) in [5, 5.41) is 10.0. The molecule has 0 heterocycles. The van der Waals surface area contributed by atoms with Crippen molar-refractivity contribution in [1.29, 1.82) is 0 Å². The van der Waals surface area contributed by atoms with Crippen molar-refractivity contribution in [3.63, 3.8) is 0 Å². The van der Waals surface area contributed by atoms with E-state index < -0.39 is 5.79 Å². The molecule has 1 aliphatic rings. The number of carbonyl (C=O) groups is 2. The zero-order valence-electron chi connectivity index (χ0n) is 14.1. The molecule has 4 nitrogen and oxygen atoms in total. The lowest BCUT2D eigenvalue weighted by atomic mass is 9.94. The van der Waals surface area contributed by atoms with Crippen molar-refractivity contribution in [2.24, 2.45) is 11.8 Å². The lowest BCUT2D eigenvalue weighted by Crippen LogP contribution is -2.30. The van der Waals surface area contributed by atoms with Crippen LogP contribution in [-0.2, 0) is 14.3 Å². The number of carbonyl (C=O) groups excluding carboxylic acids is 2. The van der Waals surface area contributed by atoms with Crippen molar-refractivity contribution < 1.29 is 19.4 Å². The summed E-state index contributed by atoms with van der Waals surface area (Å²) in [6.45, 7) is 3.83. The van der Waals surface area contributed by atoms with Crippen LogP contribution < -0.4 is 0 Å². The molecule has 1 aliphatic carbocycles. The molecule has 1 rings (SSSR count). The molecule has 0 spiro atoms. The minimum absolute atomic E-state index is 0.0525. The largest absolute Gasteiger partial charge is 0.365 e. The molecule has 0 saturated heterocycles. The lowest BCUT2D eigenvalue weighted by molar-refractivity contribution is -0.191. The Morgan fingerprint density at radius 2 is 2.23 bits per heavy atom. The van der Waals surface area contributed by atoms with Crippen molar-refractivity contribution in [2.75, 3.05) is 7.11 Å². The van der Waals surface area contributed by atoms with E-state index in [1.54, 1.807) is 0 Å².